The van der Waals surface area contributed by atoms with Gasteiger partial charge < -0.3 is 11.1 Å². The zero-order valence-electron chi connectivity index (χ0n) is 10.8. The molecule has 0 fully saturated rings. The van der Waals surface area contributed by atoms with Gasteiger partial charge in [-0.25, -0.2) is 14.6 Å². The SMILES string of the molecule is CC[C@H](N)C(=O)Nc1cccnc1-n1cncn1.Cl.Cl. The van der Waals surface area contributed by atoms with Crippen LogP contribution in [-0.4, -0.2) is 31.7 Å². The van der Waals surface area contributed by atoms with E-state index in [1.807, 2.05) is 6.92 Å². The lowest BCUT2D eigenvalue weighted by atomic mass is 10.2. The molecule has 7 nitrogen and oxygen atoms in total. The molecule has 2 rings (SSSR count). The molecule has 2 heterocycles. The molecule has 1 atom stereocenters. The Balaban J connectivity index is 0.00000180. The van der Waals surface area contributed by atoms with Crippen LogP contribution in [-0.2, 0) is 4.79 Å². The van der Waals surface area contributed by atoms with Crippen LogP contribution in [0.25, 0.3) is 5.82 Å². The minimum absolute atomic E-state index is 0. The molecule has 3 N–H and O–H groups in total. The summed E-state index contributed by atoms with van der Waals surface area (Å²) in [5, 5.41) is 6.71. The minimum Gasteiger partial charge on any atom is -0.322 e. The molecule has 0 aliphatic heterocycles. The molecule has 110 valence electrons. The van der Waals surface area contributed by atoms with E-state index in [4.69, 9.17) is 5.73 Å². The average molecular weight is 319 g/mol. The van der Waals surface area contributed by atoms with Gasteiger partial charge in [0.25, 0.3) is 0 Å². The lowest BCUT2D eigenvalue weighted by Crippen LogP contribution is -2.35. The lowest BCUT2D eigenvalue weighted by Gasteiger charge is -2.12. The first-order valence-electron chi connectivity index (χ1n) is 5.59. The molecule has 0 aliphatic rings. The molecule has 0 saturated heterocycles. The number of carbonyl (C=O) groups excluding carboxylic acids is 1. The van der Waals surface area contributed by atoms with Crippen molar-refractivity contribution in [3.8, 4) is 5.82 Å². The zero-order valence-corrected chi connectivity index (χ0v) is 12.4. The van der Waals surface area contributed by atoms with Crippen LogP contribution in [0.2, 0.25) is 0 Å². The number of amides is 1. The van der Waals surface area contributed by atoms with E-state index in [-0.39, 0.29) is 30.7 Å². The van der Waals surface area contributed by atoms with Crippen LogP contribution < -0.4 is 11.1 Å². The molecule has 0 spiro atoms. The van der Waals surface area contributed by atoms with Crippen molar-refractivity contribution < 1.29 is 4.79 Å². The molecule has 9 heteroatoms. The molecule has 0 aromatic carbocycles. The smallest absolute Gasteiger partial charge is 0.241 e. The van der Waals surface area contributed by atoms with Gasteiger partial charge in [-0.1, -0.05) is 6.92 Å². The van der Waals surface area contributed by atoms with Gasteiger partial charge in [-0.15, -0.1) is 24.8 Å². The van der Waals surface area contributed by atoms with Crippen LogP contribution >= 0.6 is 24.8 Å². The summed E-state index contributed by atoms with van der Waals surface area (Å²) in [6, 6.07) is 2.94. The zero-order chi connectivity index (χ0) is 13.0. The van der Waals surface area contributed by atoms with E-state index >= 15 is 0 Å². The Morgan fingerprint density at radius 3 is 2.85 bits per heavy atom. The molecule has 20 heavy (non-hydrogen) atoms. The standard InChI is InChI=1S/C11H14N6O.2ClH/c1-2-8(12)11(18)16-9-4-3-5-14-10(9)17-7-13-6-15-17;;/h3-8H,2,12H2,1H3,(H,16,18);2*1H/t8-;;/m0../s1. The number of aromatic nitrogens is 4. The third-order valence-electron chi connectivity index (χ3n) is 2.46. The molecule has 0 aliphatic carbocycles. The number of hydrogen-bond donors (Lipinski definition) is 2. The normalized spacial score (nSPS) is 10.9. The second kappa shape index (κ2) is 8.47. The molecule has 2 aromatic rings. The summed E-state index contributed by atoms with van der Waals surface area (Å²) in [6.07, 6.45) is 5.10. The van der Waals surface area contributed by atoms with E-state index < -0.39 is 6.04 Å². The predicted octanol–water partition coefficient (Wildman–Crippen LogP) is 1.18. The van der Waals surface area contributed by atoms with E-state index in [1.54, 1.807) is 18.3 Å². The largest absolute Gasteiger partial charge is 0.322 e. The van der Waals surface area contributed by atoms with Crippen molar-refractivity contribution in [1.82, 2.24) is 19.7 Å². The minimum atomic E-state index is -0.534. The molecular formula is C11H16Cl2N6O. The van der Waals surface area contributed by atoms with E-state index in [2.05, 4.69) is 20.4 Å². The summed E-state index contributed by atoms with van der Waals surface area (Å²) in [4.78, 5) is 19.8. The molecule has 1 amide bonds. The number of nitrogens with zero attached hydrogens (tertiary/aromatic N) is 4. The molecule has 0 unspecified atom stereocenters. The van der Waals surface area contributed by atoms with Crippen LogP contribution in [0.5, 0.6) is 0 Å². The number of hydrogen-bond acceptors (Lipinski definition) is 5. The molecule has 2 aromatic heterocycles. The van der Waals surface area contributed by atoms with Crippen LogP contribution in [0.1, 0.15) is 13.3 Å². The number of rotatable bonds is 4. The number of nitrogens with one attached hydrogen (secondary N) is 1. The fourth-order valence-corrected chi connectivity index (χ4v) is 1.41. The second-order valence-electron chi connectivity index (χ2n) is 3.72. The lowest BCUT2D eigenvalue weighted by molar-refractivity contribution is -0.117. The first-order valence-corrected chi connectivity index (χ1v) is 5.59. The maximum Gasteiger partial charge on any atom is 0.241 e. The van der Waals surface area contributed by atoms with E-state index in [1.165, 1.54) is 17.3 Å². The number of nitrogens with two attached hydrogens (primary N) is 1. The van der Waals surface area contributed by atoms with Gasteiger partial charge in [-0.2, -0.15) is 5.10 Å². The Kier molecular flexibility index (Phi) is 7.75. The Hall–Kier alpha value is -1.70. The van der Waals surface area contributed by atoms with Crippen molar-refractivity contribution >= 4 is 36.4 Å². The summed E-state index contributed by atoms with van der Waals surface area (Å²) < 4.78 is 1.48. The quantitative estimate of drug-likeness (QED) is 0.882. The number of anilines is 1. The van der Waals surface area contributed by atoms with Gasteiger partial charge in [-0.3, -0.25) is 4.79 Å². The van der Waals surface area contributed by atoms with Crippen molar-refractivity contribution in [1.29, 1.82) is 0 Å². The maximum absolute atomic E-state index is 11.8. The van der Waals surface area contributed by atoms with Crippen molar-refractivity contribution in [2.24, 2.45) is 5.73 Å². The van der Waals surface area contributed by atoms with Crippen LogP contribution in [0, 0.1) is 0 Å². The van der Waals surface area contributed by atoms with E-state index in [0.29, 0.717) is 17.9 Å². The van der Waals surface area contributed by atoms with E-state index in [9.17, 15) is 4.79 Å². The summed E-state index contributed by atoms with van der Waals surface area (Å²) in [6.45, 7) is 1.85. The molecular weight excluding hydrogens is 303 g/mol. The first-order chi connectivity index (χ1) is 8.72. The maximum atomic E-state index is 11.8. The van der Waals surface area contributed by atoms with Gasteiger partial charge in [0.1, 0.15) is 12.7 Å². The van der Waals surface area contributed by atoms with Gasteiger partial charge >= 0.3 is 0 Å². The highest BCUT2D eigenvalue weighted by Crippen LogP contribution is 2.15. The highest BCUT2D eigenvalue weighted by atomic mass is 35.5. The molecule has 0 radical (unpaired) electrons. The summed E-state index contributed by atoms with van der Waals surface area (Å²) >= 11 is 0. The Labute approximate surface area is 128 Å². The summed E-state index contributed by atoms with van der Waals surface area (Å²) in [5.74, 6) is 0.263. The average Bonchev–Trinajstić information content (AvgIpc) is 2.92. The van der Waals surface area contributed by atoms with Crippen LogP contribution in [0.3, 0.4) is 0 Å². The highest BCUT2D eigenvalue weighted by molar-refractivity contribution is 5.95. The topological polar surface area (TPSA) is 98.7 Å². The van der Waals surface area contributed by atoms with Crippen molar-refractivity contribution in [3.63, 3.8) is 0 Å². The van der Waals surface area contributed by atoms with Gasteiger partial charge in [0.05, 0.1) is 11.7 Å². The van der Waals surface area contributed by atoms with Gasteiger partial charge in [0.15, 0.2) is 5.82 Å². The monoisotopic (exact) mass is 318 g/mol. The predicted molar refractivity (Wildman–Crippen MR) is 80.5 cm³/mol. The fraction of sp³-hybridized carbons (Fsp3) is 0.273. The van der Waals surface area contributed by atoms with Crippen molar-refractivity contribution in [2.75, 3.05) is 5.32 Å². The van der Waals surface area contributed by atoms with Crippen molar-refractivity contribution in [3.05, 3.63) is 31.0 Å². The summed E-state index contributed by atoms with van der Waals surface area (Å²) in [5.41, 5.74) is 6.22. The van der Waals surface area contributed by atoms with Gasteiger partial charge in [0.2, 0.25) is 5.91 Å². The Bertz CT molecular complexity index is 533. The van der Waals surface area contributed by atoms with Gasteiger partial charge in [0, 0.05) is 6.20 Å². The number of pyridine rings is 1. The van der Waals surface area contributed by atoms with Gasteiger partial charge in [-0.05, 0) is 18.6 Å². The Morgan fingerprint density at radius 2 is 2.25 bits per heavy atom. The number of carbonyl (C=O) groups is 1. The highest BCUT2D eigenvalue weighted by Gasteiger charge is 2.14. The third kappa shape index (κ3) is 4.16. The Morgan fingerprint density at radius 1 is 1.50 bits per heavy atom. The van der Waals surface area contributed by atoms with Crippen molar-refractivity contribution in [2.45, 2.75) is 19.4 Å². The van der Waals surface area contributed by atoms with E-state index in [0.717, 1.165) is 0 Å². The molecule has 0 bridgehead atoms. The fourth-order valence-electron chi connectivity index (χ4n) is 1.41. The summed E-state index contributed by atoms with van der Waals surface area (Å²) in [7, 11) is 0. The first kappa shape index (κ1) is 18.3. The second-order valence-corrected chi connectivity index (χ2v) is 3.72. The van der Waals surface area contributed by atoms with Crippen LogP contribution in [0.15, 0.2) is 31.0 Å². The number of halogens is 2. The van der Waals surface area contributed by atoms with Crippen LogP contribution in [0.4, 0.5) is 5.69 Å². The third-order valence-corrected chi connectivity index (χ3v) is 2.46. The molecule has 0 saturated carbocycles.